The van der Waals surface area contributed by atoms with Gasteiger partial charge < -0.3 is 10.1 Å². The third-order valence-electron chi connectivity index (χ3n) is 3.46. The van der Waals surface area contributed by atoms with Crippen LogP contribution < -0.4 is 10.1 Å². The Morgan fingerprint density at radius 3 is 2.60 bits per heavy atom. The molecule has 2 heteroatoms. The maximum Gasteiger partial charge on any atom is 0.119 e. The van der Waals surface area contributed by atoms with Gasteiger partial charge in [-0.1, -0.05) is 32.1 Å². The summed E-state index contributed by atoms with van der Waals surface area (Å²) in [6.45, 7) is 8.80. The van der Waals surface area contributed by atoms with E-state index in [-0.39, 0.29) is 0 Å². The van der Waals surface area contributed by atoms with Crippen LogP contribution in [0.15, 0.2) is 30.3 Å². The number of benzene rings is 1. The summed E-state index contributed by atoms with van der Waals surface area (Å²) >= 11 is 0. The average molecular weight is 273 g/mol. The Hall–Kier alpha value is -1.28. The van der Waals surface area contributed by atoms with Gasteiger partial charge in [-0.05, 0) is 68.5 Å². The molecule has 1 aromatic rings. The Kier molecular flexibility index (Phi) is 5.66. The lowest BCUT2D eigenvalue weighted by molar-refractivity contribution is 0.303. The predicted molar refractivity (Wildman–Crippen MR) is 86.1 cm³/mol. The van der Waals surface area contributed by atoms with Crippen molar-refractivity contribution < 1.29 is 4.74 Å². The molecule has 0 atom stereocenters. The van der Waals surface area contributed by atoms with Gasteiger partial charge in [0.1, 0.15) is 5.75 Å². The molecular weight excluding hydrogens is 246 g/mol. The molecule has 1 saturated carbocycles. The summed E-state index contributed by atoms with van der Waals surface area (Å²) in [5, 5.41) is 3.46. The Morgan fingerprint density at radius 2 is 2.00 bits per heavy atom. The van der Waals surface area contributed by atoms with Crippen molar-refractivity contribution in [3.8, 4) is 5.75 Å². The van der Waals surface area contributed by atoms with Gasteiger partial charge in [-0.15, -0.1) is 0 Å². The Balaban J connectivity index is 1.76. The van der Waals surface area contributed by atoms with Crippen LogP contribution in [0, 0.1) is 5.92 Å². The van der Waals surface area contributed by atoms with Crippen LogP contribution in [-0.4, -0.2) is 19.2 Å². The monoisotopic (exact) mass is 273 g/mol. The van der Waals surface area contributed by atoms with Crippen LogP contribution >= 0.6 is 0 Å². The van der Waals surface area contributed by atoms with E-state index >= 15 is 0 Å². The lowest BCUT2D eigenvalue weighted by atomic mass is 10.1. The minimum Gasteiger partial charge on any atom is -0.490 e. The predicted octanol–water partition coefficient (Wildman–Crippen LogP) is 4.27. The molecule has 0 aliphatic heterocycles. The van der Waals surface area contributed by atoms with Crippen molar-refractivity contribution in [3.05, 3.63) is 35.9 Å². The summed E-state index contributed by atoms with van der Waals surface area (Å²) in [5.74, 6) is 1.72. The molecule has 0 unspecified atom stereocenters. The average Bonchev–Trinajstić information content (AvgIpc) is 3.22. The van der Waals surface area contributed by atoms with Crippen LogP contribution in [-0.2, 0) is 0 Å². The standard InChI is InChI=1S/C18H27NO/c1-14(2)13-19-12-4-5-15(3)16-6-8-17(9-7-16)20-18-10-11-18/h5-9,14,18-19H,4,10-13H2,1-3H3/b15-5-. The van der Waals surface area contributed by atoms with Gasteiger partial charge in [0.15, 0.2) is 0 Å². The summed E-state index contributed by atoms with van der Waals surface area (Å²) in [6.07, 6.45) is 6.29. The molecule has 0 heterocycles. The number of allylic oxidation sites excluding steroid dienone is 1. The van der Waals surface area contributed by atoms with Crippen molar-refractivity contribution in [1.82, 2.24) is 5.32 Å². The zero-order valence-corrected chi connectivity index (χ0v) is 13.0. The van der Waals surface area contributed by atoms with Crippen LogP contribution in [0.5, 0.6) is 5.75 Å². The fourth-order valence-electron chi connectivity index (χ4n) is 2.07. The van der Waals surface area contributed by atoms with Crippen molar-refractivity contribution in [2.75, 3.05) is 13.1 Å². The van der Waals surface area contributed by atoms with E-state index in [1.165, 1.54) is 24.0 Å². The van der Waals surface area contributed by atoms with Gasteiger partial charge in [0.2, 0.25) is 0 Å². The second-order valence-corrected chi connectivity index (χ2v) is 6.12. The molecule has 0 aromatic heterocycles. The van der Waals surface area contributed by atoms with E-state index in [9.17, 15) is 0 Å². The first-order chi connectivity index (χ1) is 9.65. The van der Waals surface area contributed by atoms with Crippen molar-refractivity contribution >= 4 is 5.57 Å². The normalized spacial score (nSPS) is 15.7. The van der Waals surface area contributed by atoms with E-state index in [2.05, 4.69) is 56.4 Å². The van der Waals surface area contributed by atoms with Crippen molar-refractivity contribution in [2.24, 2.45) is 5.92 Å². The first kappa shape index (κ1) is 15.1. The smallest absolute Gasteiger partial charge is 0.119 e. The summed E-state index contributed by atoms with van der Waals surface area (Å²) in [5.41, 5.74) is 2.63. The molecule has 1 fully saturated rings. The van der Waals surface area contributed by atoms with E-state index in [0.717, 1.165) is 31.2 Å². The third-order valence-corrected chi connectivity index (χ3v) is 3.46. The lowest BCUT2D eigenvalue weighted by Gasteiger charge is -2.07. The van der Waals surface area contributed by atoms with Crippen molar-refractivity contribution in [1.29, 1.82) is 0 Å². The molecule has 1 aliphatic rings. The summed E-state index contributed by atoms with van der Waals surface area (Å²) in [6, 6.07) is 8.49. The van der Waals surface area contributed by atoms with E-state index in [4.69, 9.17) is 4.74 Å². The van der Waals surface area contributed by atoms with Gasteiger partial charge in [-0.3, -0.25) is 0 Å². The number of nitrogens with one attached hydrogen (secondary N) is 1. The van der Waals surface area contributed by atoms with Crippen LogP contribution in [0.2, 0.25) is 0 Å². The summed E-state index contributed by atoms with van der Waals surface area (Å²) in [4.78, 5) is 0. The van der Waals surface area contributed by atoms with Gasteiger partial charge in [0, 0.05) is 0 Å². The highest BCUT2D eigenvalue weighted by molar-refractivity contribution is 5.64. The highest BCUT2D eigenvalue weighted by Gasteiger charge is 2.23. The molecule has 0 saturated heterocycles. The second kappa shape index (κ2) is 7.49. The van der Waals surface area contributed by atoms with E-state index in [1.54, 1.807) is 0 Å². The fraction of sp³-hybridized carbons (Fsp3) is 0.556. The van der Waals surface area contributed by atoms with Gasteiger partial charge in [-0.2, -0.15) is 0 Å². The number of hydrogen-bond acceptors (Lipinski definition) is 2. The van der Waals surface area contributed by atoms with E-state index in [1.807, 2.05) is 0 Å². The quantitative estimate of drug-likeness (QED) is 0.714. The van der Waals surface area contributed by atoms with Crippen molar-refractivity contribution in [3.63, 3.8) is 0 Å². The minimum atomic E-state index is 0.476. The van der Waals surface area contributed by atoms with Crippen LogP contribution in [0.4, 0.5) is 0 Å². The lowest BCUT2D eigenvalue weighted by Crippen LogP contribution is -2.20. The Morgan fingerprint density at radius 1 is 1.30 bits per heavy atom. The molecule has 0 amide bonds. The SMILES string of the molecule is C/C(=C/CCNCC(C)C)c1ccc(OC2CC2)cc1. The minimum absolute atomic E-state index is 0.476. The zero-order valence-electron chi connectivity index (χ0n) is 13.0. The molecule has 0 bridgehead atoms. The maximum absolute atomic E-state index is 5.77. The third kappa shape index (κ3) is 5.38. The van der Waals surface area contributed by atoms with E-state index < -0.39 is 0 Å². The van der Waals surface area contributed by atoms with Gasteiger partial charge in [0.25, 0.3) is 0 Å². The maximum atomic E-state index is 5.77. The molecule has 0 radical (unpaired) electrons. The zero-order chi connectivity index (χ0) is 14.4. The first-order valence-electron chi connectivity index (χ1n) is 7.79. The largest absolute Gasteiger partial charge is 0.490 e. The van der Waals surface area contributed by atoms with Gasteiger partial charge in [-0.25, -0.2) is 0 Å². The highest BCUT2D eigenvalue weighted by atomic mass is 16.5. The van der Waals surface area contributed by atoms with E-state index in [0.29, 0.717) is 6.10 Å². The van der Waals surface area contributed by atoms with Crippen LogP contribution in [0.3, 0.4) is 0 Å². The Labute approximate surface area is 123 Å². The molecular formula is C18H27NO. The fourth-order valence-corrected chi connectivity index (χ4v) is 2.07. The highest BCUT2D eigenvalue weighted by Crippen LogP contribution is 2.27. The molecule has 2 nitrogen and oxygen atoms in total. The Bertz CT molecular complexity index is 429. The summed E-state index contributed by atoms with van der Waals surface area (Å²) < 4.78 is 5.77. The molecule has 1 aromatic carbocycles. The molecule has 20 heavy (non-hydrogen) atoms. The molecule has 0 spiro atoms. The molecule has 1 aliphatic carbocycles. The molecule has 110 valence electrons. The van der Waals surface area contributed by atoms with Crippen LogP contribution in [0.25, 0.3) is 5.57 Å². The number of rotatable bonds is 8. The number of ether oxygens (including phenoxy) is 1. The molecule has 1 N–H and O–H groups in total. The number of hydrogen-bond donors (Lipinski definition) is 1. The first-order valence-corrected chi connectivity index (χ1v) is 7.79. The second-order valence-electron chi connectivity index (χ2n) is 6.12. The van der Waals surface area contributed by atoms with Crippen LogP contribution in [0.1, 0.15) is 45.6 Å². The topological polar surface area (TPSA) is 21.3 Å². The van der Waals surface area contributed by atoms with Crippen molar-refractivity contribution in [2.45, 2.75) is 46.1 Å². The van der Waals surface area contributed by atoms with Gasteiger partial charge in [0.05, 0.1) is 6.10 Å². The van der Waals surface area contributed by atoms with Gasteiger partial charge >= 0.3 is 0 Å². The molecule has 2 rings (SSSR count). The summed E-state index contributed by atoms with van der Waals surface area (Å²) in [7, 11) is 0.